The molecule has 1 aliphatic rings. The van der Waals surface area contributed by atoms with Gasteiger partial charge in [-0.05, 0) is 17.5 Å². The first-order chi connectivity index (χ1) is 4.47. The summed E-state index contributed by atoms with van der Waals surface area (Å²) in [6, 6.07) is 8.49. The van der Waals surface area contributed by atoms with Gasteiger partial charge in [0.15, 0.2) is 0 Å². The van der Waals surface area contributed by atoms with Crippen molar-refractivity contribution in [3.8, 4) is 0 Å². The van der Waals surface area contributed by atoms with E-state index in [-0.39, 0.29) is 22.4 Å². The number of hydrogen-bond acceptors (Lipinski definition) is 0. The molecule has 0 atom stereocenters. The summed E-state index contributed by atoms with van der Waals surface area (Å²) < 4.78 is 0. The second-order valence-corrected chi connectivity index (χ2v) is 2.31. The number of fused-ring (bicyclic) bond motifs is 1. The van der Waals surface area contributed by atoms with E-state index in [0.29, 0.717) is 0 Å². The molecule has 55 valence electrons. The third kappa shape index (κ3) is 1.24. The Labute approximate surface area is 76.5 Å². The van der Waals surface area contributed by atoms with Crippen molar-refractivity contribution in [3.05, 3.63) is 41.5 Å². The normalized spacial score (nSPS) is 12.4. The fourth-order valence-corrected chi connectivity index (χ4v) is 1.20. The zero-order chi connectivity index (χ0) is 6.10. The SMILES string of the molecule is C1=Cc2ccccc2C1.[Au]. The van der Waals surface area contributed by atoms with Crippen LogP contribution in [0.3, 0.4) is 0 Å². The van der Waals surface area contributed by atoms with Gasteiger partial charge in [-0.15, -0.1) is 0 Å². The maximum absolute atomic E-state index is 2.20. The minimum atomic E-state index is 0. The second-order valence-electron chi connectivity index (χ2n) is 2.31. The third-order valence-corrected chi connectivity index (χ3v) is 1.69. The second kappa shape index (κ2) is 3.20. The average Bonchev–Trinajstić information content (AvgIpc) is 2.33. The molecule has 0 nitrogen and oxygen atoms in total. The van der Waals surface area contributed by atoms with Crippen molar-refractivity contribution < 1.29 is 22.4 Å². The van der Waals surface area contributed by atoms with E-state index >= 15 is 0 Å². The van der Waals surface area contributed by atoms with E-state index in [1.54, 1.807) is 0 Å². The molecule has 0 saturated heterocycles. The van der Waals surface area contributed by atoms with Gasteiger partial charge in [-0.25, -0.2) is 0 Å². The Morgan fingerprint density at radius 3 is 2.70 bits per heavy atom. The van der Waals surface area contributed by atoms with Crippen LogP contribution in [0, 0.1) is 0 Å². The maximum Gasteiger partial charge on any atom is 0 e. The Balaban J connectivity index is 0.000000500. The Kier molecular flexibility index (Phi) is 2.50. The van der Waals surface area contributed by atoms with Crippen molar-refractivity contribution in [1.29, 1.82) is 0 Å². The summed E-state index contributed by atoms with van der Waals surface area (Å²) in [6.07, 6.45) is 5.50. The fourth-order valence-electron chi connectivity index (χ4n) is 1.20. The van der Waals surface area contributed by atoms with Gasteiger partial charge in [0.25, 0.3) is 0 Å². The van der Waals surface area contributed by atoms with Crippen LogP contribution in [-0.4, -0.2) is 0 Å². The summed E-state index contributed by atoms with van der Waals surface area (Å²) >= 11 is 0. The molecule has 1 aromatic rings. The molecule has 0 heterocycles. The van der Waals surface area contributed by atoms with Gasteiger partial charge < -0.3 is 0 Å². The minimum Gasteiger partial charge on any atom is -0.0795 e. The van der Waals surface area contributed by atoms with E-state index in [9.17, 15) is 0 Å². The molecule has 0 fully saturated rings. The molecular weight excluding hydrogens is 305 g/mol. The van der Waals surface area contributed by atoms with Gasteiger partial charge in [0, 0.05) is 22.4 Å². The predicted octanol–water partition coefficient (Wildman–Crippen LogP) is 2.25. The number of hydrogen-bond donors (Lipinski definition) is 0. The molecule has 0 N–H and O–H groups in total. The van der Waals surface area contributed by atoms with E-state index in [2.05, 4.69) is 36.4 Å². The van der Waals surface area contributed by atoms with Crippen LogP contribution >= 0.6 is 0 Å². The Bertz CT molecular complexity index is 251. The topological polar surface area (TPSA) is 0 Å². The fraction of sp³-hybridized carbons (Fsp3) is 0.111. The molecule has 10 heavy (non-hydrogen) atoms. The molecular formula is C9H8Au. The first-order valence-electron chi connectivity index (χ1n) is 3.21. The van der Waals surface area contributed by atoms with Gasteiger partial charge in [-0.3, -0.25) is 0 Å². The van der Waals surface area contributed by atoms with Gasteiger partial charge in [0.2, 0.25) is 0 Å². The minimum absolute atomic E-state index is 0. The molecule has 1 heteroatoms. The summed E-state index contributed by atoms with van der Waals surface area (Å²) in [5.41, 5.74) is 2.84. The van der Waals surface area contributed by atoms with Crippen LogP contribution in [0.4, 0.5) is 0 Å². The van der Waals surface area contributed by atoms with E-state index in [1.807, 2.05) is 0 Å². The first-order valence-corrected chi connectivity index (χ1v) is 3.21. The Morgan fingerprint density at radius 2 is 1.90 bits per heavy atom. The number of benzene rings is 1. The molecule has 1 radical (unpaired) electrons. The van der Waals surface area contributed by atoms with E-state index < -0.39 is 0 Å². The molecule has 0 unspecified atom stereocenters. The molecule has 0 spiro atoms. The Hall–Kier alpha value is -0.300. The number of rotatable bonds is 0. The summed E-state index contributed by atoms with van der Waals surface area (Å²) in [7, 11) is 0. The molecule has 0 aromatic heterocycles. The van der Waals surface area contributed by atoms with Crippen LogP contribution in [0.2, 0.25) is 0 Å². The van der Waals surface area contributed by atoms with E-state index in [4.69, 9.17) is 0 Å². The van der Waals surface area contributed by atoms with Gasteiger partial charge in [0.1, 0.15) is 0 Å². The van der Waals surface area contributed by atoms with Crippen LogP contribution in [0.25, 0.3) is 6.08 Å². The molecule has 1 aliphatic carbocycles. The quantitative estimate of drug-likeness (QED) is 0.645. The largest absolute Gasteiger partial charge is 0.0795 e. The third-order valence-electron chi connectivity index (χ3n) is 1.69. The smallest absolute Gasteiger partial charge is 0 e. The van der Waals surface area contributed by atoms with Crippen LogP contribution in [0.1, 0.15) is 11.1 Å². The van der Waals surface area contributed by atoms with Gasteiger partial charge in [-0.2, -0.15) is 0 Å². The van der Waals surface area contributed by atoms with Crippen molar-refractivity contribution in [3.63, 3.8) is 0 Å². The molecule has 2 rings (SSSR count). The summed E-state index contributed by atoms with van der Waals surface area (Å²) in [5.74, 6) is 0. The maximum atomic E-state index is 2.20. The van der Waals surface area contributed by atoms with Crippen molar-refractivity contribution in [2.75, 3.05) is 0 Å². The van der Waals surface area contributed by atoms with Gasteiger partial charge >= 0.3 is 0 Å². The molecule has 0 bridgehead atoms. The van der Waals surface area contributed by atoms with Crippen LogP contribution in [0.5, 0.6) is 0 Å². The Morgan fingerprint density at radius 1 is 1.10 bits per heavy atom. The van der Waals surface area contributed by atoms with Crippen LogP contribution in [0.15, 0.2) is 30.3 Å². The van der Waals surface area contributed by atoms with E-state index in [0.717, 1.165) is 6.42 Å². The number of allylic oxidation sites excluding steroid dienone is 1. The first kappa shape index (κ1) is 7.80. The zero-order valence-electron chi connectivity index (χ0n) is 5.47. The van der Waals surface area contributed by atoms with Gasteiger partial charge in [-0.1, -0.05) is 36.4 Å². The van der Waals surface area contributed by atoms with E-state index in [1.165, 1.54) is 11.1 Å². The van der Waals surface area contributed by atoms with Crippen molar-refractivity contribution >= 4 is 6.08 Å². The average molecular weight is 313 g/mol. The van der Waals surface area contributed by atoms with Crippen molar-refractivity contribution in [2.45, 2.75) is 6.42 Å². The zero-order valence-corrected chi connectivity index (χ0v) is 7.64. The standard InChI is InChI=1S/C9H8.Au/c1-2-5-9-7-3-6-8(9)4-1;/h1-6H,7H2;. The molecule has 0 amide bonds. The molecule has 0 saturated carbocycles. The predicted molar refractivity (Wildman–Crippen MR) is 39.2 cm³/mol. The van der Waals surface area contributed by atoms with Crippen LogP contribution in [-0.2, 0) is 28.8 Å². The summed E-state index contributed by atoms with van der Waals surface area (Å²) in [4.78, 5) is 0. The molecule has 1 aromatic carbocycles. The summed E-state index contributed by atoms with van der Waals surface area (Å²) in [6.45, 7) is 0. The van der Waals surface area contributed by atoms with Crippen LogP contribution < -0.4 is 0 Å². The van der Waals surface area contributed by atoms with Crippen molar-refractivity contribution in [2.24, 2.45) is 0 Å². The summed E-state index contributed by atoms with van der Waals surface area (Å²) in [5, 5.41) is 0. The molecule has 0 aliphatic heterocycles. The van der Waals surface area contributed by atoms with Gasteiger partial charge in [0.05, 0.1) is 0 Å². The monoisotopic (exact) mass is 313 g/mol. The van der Waals surface area contributed by atoms with Crippen molar-refractivity contribution in [1.82, 2.24) is 0 Å².